The van der Waals surface area contributed by atoms with Gasteiger partial charge in [0.15, 0.2) is 0 Å². The van der Waals surface area contributed by atoms with Crippen molar-refractivity contribution in [2.24, 2.45) is 0 Å². The largest absolute Gasteiger partial charge is 0.321 e. The SMILES string of the molecule is Cc1nn2cc(C(=O)Nc3ccc(Cl)cc3)nc2s1. The van der Waals surface area contributed by atoms with Gasteiger partial charge < -0.3 is 5.32 Å². The number of anilines is 1. The molecule has 96 valence electrons. The molecule has 0 saturated carbocycles. The van der Waals surface area contributed by atoms with Crippen molar-refractivity contribution in [1.29, 1.82) is 0 Å². The molecule has 0 radical (unpaired) electrons. The number of amides is 1. The molecule has 7 heteroatoms. The van der Waals surface area contributed by atoms with E-state index in [9.17, 15) is 4.79 Å². The number of rotatable bonds is 2. The van der Waals surface area contributed by atoms with Crippen molar-refractivity contribution in [2.45, 2.75) is 6.92 Å². The molecule has 2 heterocycles. The third-order valence-electron chi connectivity index (χ3n) is 2.48. The molecule has 0 aliphatic rings. The van der Waals surface area contributed by atoms with Crippen LogP contribution in [0, 0.1) is 6.92 Å². The van der Waals surface area contributed by atoms with Gasteiger partial charge in [0.25, 0.3) is 5.91 Å². The molecular weight excluding hydrogens is 284 g/mol. The summed E-state index contributed by atoms with van der Waals surface area (Å²) in [7, 11) is 0. The lowest BCUT2D eigenvalue weighted by Crippen LogP contribution is -2.12. The first-order valence-electron chi connectivity index (χ1n) is 5.51. The van der Waals surface area contributed by atoms with Gasteiger partial charge in [0.05, 0.1) is 6.20 Å². The van der Waals surface area contributed by atoms with Crippen molar-refractivity contribution in [3.63, 3.8) is 0 Å². The van der Waals surface area contributed by atoms with Crippen molar-refractivity contribution >= 4 is 39.5 Å². The van der Waals surface area contributed by atoms with Crippen LogP contribution in [0.4, 0.5) is 5.69 Å². The highest BCUT2D eigenvalue weighted by molar-refractivity contribution is 7.16. The van der Waals surface area contributed by atoms with Crippen molar-refractivity contribution in [3.05, 3.63) is 46.2 Å². The number of carbonyl (C=O) groups excluding carboxylic acids is 1. The quantitative estimate of drug-likeness (QED) is 0.790. The summed E-state index contributed by atoms with van der Waals surface area (Å²) < 4.78 is 1.61. The normalized spacial score (nSPS) is 10.8. The first kappa shape index (κ1) is 12.1. The average Bonchev–Trinajstić information content (AvgIpc) is 2.89. The number of carbonyl (C=O) groups is 1. The van der Waals surface area contributed by atoms with E-state index in [1.807, 2.05) is 6.92 Å². The van der Waals surface area contributed by atoms with Gasteiger partial charge in [0.2, 0.25) is 4.96 Å². The van der Waals surface area contributed by atoms with E-state index in [0.717, 1.165) is 5.01 Å². The van der Waals surface area contributed by atoms with Crippen LogP contribution in [-0.4, -0.2) is 20.5 Å². The fraction of sp³-hybridized carbons (Fsp3) is 0.0833. The Morgan fingerprint density at radius 3 is 2.79 bits per heavy atom. The minimum Gasteiger partial charge on any atom is -0.321 e. The Morgan fingerprint density at radius 1 is 1.37 bits per heavy atom. The van der Waals surface area contributed by atoms with E-state index in [2.05, 4.69) is 15.4 Å². The zero-order valence-corrected chi connectivity index (χ0v) is 11.5. The number of fused-ring (bicyclic) bond motifs is 1. The molecule has 5 nitrogen and oxygen atoms in total. The van der Waals surface area contributed by atoms with E-state index in [0.29, 0.717) is 21.4 Å². The zero-order chi connectivity index (χ0) is 13.4. The Hall–Kier alpha value is -1.92. The molecule has 0 fully saturated rings. The summed E-state index contributed by atoms with van der Waals surface area (Å²) in [6.07, 6.45) is 1.62. The molecule has 0 spiro atoms. The lowest BCUT2D eigenvalue weighted by atomic mass is 10.3. The number of imidazole rings is 1. The number of halogens is 1. The predicted molar refractivity (Wildman–Crippen MR) is 75.0 cm³/mol. The van der Waals surface area contributed by atoms with Crippen LogP contribution in [0.25, 0.3) is 4.96 Å². The van der Waals surface area contributed by atoms with Gasteiger partial charge in [-0.2, -0.15) is 5.10 Å². The second kappa shape index (κ2) is 4.64. The number of hydrogen-bond donors (Lipinski definition) is 1. The van der Waals surface area contributed by atoms with Crippen LogP contribution in [0.15, 0.2) is 30.5 Å². The Labute approximate surface area is 117 Å². The fourth-order valence-electron chi connectivity index (χ4n) is 1.64. The van der Waals surface area contributed by atoms with Gasteiger partial charge in [0.1, 0.15) is 10.7 Å². The first-order valence-corrected chi connectivity index (χ1v) is 6.71. The monoisotopic (exact) mass is 292 g/mol. The van der Waals surface area contributed by atoms with Gasteiger partial charge in [-0.15, -0.1) is 0 Å². The summed E-state index contributed by atoms with van der Waals surface area (Å²) in [4.78, 5) is 16.9. The van der Waals surface area contributed by atoms with Gasteiger partial charge in [-0.3, -0.25) is 4.79 Å². The van der Waals surface area contributed by atoms with Gasteiger partial charge >= 0.3 is 0 Å². The number of hydrogen-bond acceptors (Lipinski definition) is 4. The maximum absolute atomic E-state index is 12.0. The van der Waals surface area contributed by atoms with Crippen LogP contribution in [0.3, 0.4) is 0 Å². The highest BCUT2D eigenvalue weighted by Crippen LogP contribution is 2.16. The van der Waals surface area contributed by atoms with E-state index in [4.69, 9.17) is 11.6 Å². The summed E-state index contributed by atoms with van der Waals surface area (Å²) in [5.74, 6) is -0.266. The zero-order valence-electron chi connectivity index (χ0n) is 9.92. The molecule has 1 aromatic carbocycles. The van der Waals surface area contributed by atoms with E-state index in [-0.39, 0.29) is 5.91 Å². The molecule has 3 aromatic rings. The Balaban J connectivity index is 1.83. The molecule has 0 aliphatic carbocycles. The van der Waals surface area contributed by atoms with Crippen LogP contribution < -0.4 is 5.32 Å². The van der Waals surface area contributed by atoms with Crippen molar-refractivity contribution < 1.29 is 4.79 Å². The lowest BCUT2D eigenvalue weighted by Gasteiger charge is -2.02. The smallest absolute Gasteiger partial charge is 0.275 e. The van der Waals surface area contributed by atoms with Crippen LogP contribution in [0.2, 0.25) is 5.02 Å². The van der Waals surface area contributed by atoms with Crippen LogP contribution in [0.1, 0.15) is 15.5 Å². The summed E-state index contributed by atoms with van der Waals surface area (Å²) in [6.45, 7) is 1.90. The molecule has 0 saturated heterocycles. The third kappa shape index (κ3) is 2.45. The fourth-order valence-corrected chi connectivity index (χ4v) is 2.49. The summed E-state index contributed by atoms with van der Waals surface area (Å²) in [5.41, 5.74) is 1.02. The van der Waals surface area contributed by atoms with E-state index in [1.165, 1.54) is 11.3 Å². The van der Waals surface area contributed by atoms with Crippen molar-refractivity contribution in [1.82, 2.24) is 14.6 Å². The lowest BCUT2D eigenvalue weighted by molar-refractivity contribution is 0.102. The summed E-state index contributed by atoms with van der Waals surface area (Å²) in [5, 5.41) is 8.50. The summed E-state index contributed by atoms with van der Waals surface area (Å²) in [6, 6.07) is 6.91. The molecule has 3 rings (SSSR count). The minimum absolute atomic E-state index is 0.266. The van der Waals surface area contributed by atoms with Crippen LogP contribution in [0.5, 0.6) is 0 Å². The first-order chi connectivity index (χ1) is 9.11. The number of aryl methyl sites for hydroxylation is 1. The molecular formula is C12H9ClN4OS. The maximum Gasteiger partial charge on any atom is 0.275 e. The van der Waals surface area contributed by atoms with Crippen LogP contribution >= 0.6 is 22.9 Å². The number of aromatic nitrogens is 3. The van der Waals surface area contributed by atoms with E-state index in [1.54, 1.807) is 35.0 Å². The number of nitrogens with one attached hydrogen (secondary N) is 1. The minimum atomic E-state index is -0.266. The molecule has 0 atom stereocenters. The molecule has 0 aliphatic heterocycles. The predicted octanol–water partition coefficient (Wildman–Crippen LogP) is 3.00. The summed E-state index contributed by atoms with van der Waals surface area (Å²) >= 11 is 7.23. The number of benzene rings is 1. The van der Waals surface area contributed by atoms with Crippen molar-refractivity contribution in [3.8, 4) is 0 Å². The molecule has 0 unspecified atom stereocenters. The Kier molecular flexibility index (Phi) is 2.96. The molecule has 2 aromatic heterocycles. The average molecular weight is 293 g/mol. The van der Waals surface area contributed by atoms with Gasteiger partial charge in [0, 0.05) is 10.7 Å². The maximum atomic E-state index is 12.0. The van der Waals surface area contributed by atoms with Crippen molar-refractivity contribution in [2.75, 3.05) is 5.32 Å². The topological polar surface area (TPSA) is 59.3 Å². The third-order valence-corrected chi connectivity index (χ3v) is 3.57. The van der Waals surface area contributed by atoms with E-state index >= 15 is 0 Å². The van der Waals surface area contributed by atoms with E-state index < -0.39 is 0 Å². The molecule has 0 bridgehead atoms. The second-order valence-corrected chi connectivity index (χ2v) is 5.53. The Bertz CT molecular complexity index is 715. The Morgan fingerprint density at radius 2 is 2.11 bits per heavy atom. The van der Waals surface area contributed by atoms with Gasteiger partial charge in [-0.1, -0.05) is 22.9 Å². The number of nitrogens with zero attached hydrogens (tertiary/aromatic N) is 3. The van der Waals surface area contributed by atoms with Gasteiger partial charge in [-0.05, 0) is 31.2 Å². The molecule has 1 amide bonds. The second-order valence-electron chi connectivity index (χ2n) is 3.94. The molecule has 19 heavy (non-hydrogen) atoms. The molecule has 1 N–H and O–H groups in total. The highest BCUT2D eigenvalue weighted by Gasteiger charge is 2.13. The standard InChI is InChI=1S/C12H9ClN4OS/c1-7-16-17-6-10(15-12(17)19-7)11(18)14-9-4-2-8(13)3-5-9/h2-6H,1H3,(H,14,18). The highest BCUT2D eigenvalue weighted by atomic mass is 35.5. The van der Waals surface area contributed by atoms with Crippen LogP contribution in [-0.2, 0) is 0 Å². The van der Waals surface area contributed by atoms with Gasteiger partial charge in [-0.25, -0.2) is 9.50 Å².